The van der Waals surface area contributed by atoms with Crippen molar-refractivity contribution in [3.8, 4) is 0 Å². The van der Waals surface area contributed by atoms with Crippen LogP contribution in [0.2, 0.25) is 0 Å². The molecule has 0 heterocycles. The van der Waals surface area contributed by atoms with Crippen molar-refractivity contribution in [1.29, 1.82) is 0 Å². The van der Waals surface area contributed by atoms with Crippen LogP contribution in [0.3, 0.4) is 0 Å². The van der Waals surface area contributed by atoms with Gasteiger partial charge in [0.05, 0.1) is 0 Å². The fraction of sp³-hybridized carbons (Fsp3) is 0.294. The molecule has 2 aromatic rings. The van der Waals surface area contributed by atoms with Gasteiger partial charge in [0.15, 0.2) is 0 Å². The Hall–Kier alpha value is -1.67. The molecule has 0 aromatic heterocycles. The Bertz CT molecular complexity index is 563. The summed E-state index contributed by atoms with van der Waals surface area (Å²) in [6, 6.07) is 13.1. The predicted octanol–water partition coefficient (Wildman–Crippen LogP) is 4.08. The third kappa shape index (κ3) is 3.42. The highest BCUT2D eigenvalue weighted by Gasteiger charge is 2.09. The van der Waals surface area contributed by atoms with E-state index in [1.807, 2.05) is 12.1 Å². The summed E-state index contributed by atoms with van der Waals surface area (Å²) in [6.07, 6.45) is 1.42. The number of halogens is 1. The second kappa shape index (κ2) is 5.98. The Morgan fingerprint density at radius 1 is 1.05 bits per heavy atom. The number of rotatable bonds is 4. The molecule has 1 nitrogen and oxygen atoms in total. The zero-order valence-corrected chi connectivity index (χ0v) is 11.5. The summed E-state index contributed by atoms with van der Waals surface area (Å²) in [5, 5.41) is 0. The molecule has 0 aliphatic heterocycles. The lowest BCUT2D eigenvalue weighted by atomic mass is 9.97. The molecule has 2 aromatic carbocycles. The molecule has 1 unspecified atom stereocenters. The van der Waals surface area contributed by atoms with Crippen molar-refractivity contribution in [2.45, 2.75) is 32.7 Å². The molecule has 0 radical (unpaired) electrons. The summed E-state index contributed by atoms with van der Waals surface area (Å²) in [5.41, 5.74) is 10.6. The molecule has 1 atom stereocenters. The SMILES string of the molecule is Cc1ccc(C(N)CCc2ccccc2F)cc1C. The average molecular weight is 257 g/mol. The summed E-state index contributed by atoms with van der Waals surface area (Å²) >= 11 is 0. The molecular formula is C17H20FN. The highest BCUT2D eigenvalue weighted by Crippen LogP contribution is 2.20. The molecule has 0 amide bonds. The first-order valence-electron chi connectivity index (χ1n) is 6.64. The Labute approximate surface area is 114 Å². The van der Waals surface area contributed by atoms with Crippen LogP contribution in [0, 0.1) is 19.7 Å². The van der Waals surface area contributed by atoms with Gasteiger partial charge in [-0.15, -0.1) is 0 Å². The maximum atomic E-state index is 13.5. The number of nitrogens with two attached hydrogens (primary N) is 1. The van der Waals surface area contributed by atoms with Crippen molar-refractivity contribution < 1.29 is 4.39 Å². The summed E-state index contributed by atoms with van der Waals surface area (Å²) < 4.78 is 13.5. The van der Waals surface area contributed by atoms with Gasteiger partial charge in [-0.05, 0) is 55.0 Å². The van der Waals surface area contributed by atoms with E-state index in [2.05, 4.69) is 32.0 Å². The van der Waals surface area contributed by atoms with Crippen molar-refractivity contribution in [3.05, 3.63) is 70.5 Å². The molecule has 0 bridgehead atoms. The smallest absolute Gasteiger partial charge is 0.126 e. The van der Waals surface area contributed by atoms with E-state index in [1.54, 1.807) is 6.07 Å². The van der Waals surface area contributed by atoms with E-state index < -0.39 is 0 Å². The normalized spacial score (nSPS) is 12.4. The maximum absolute atomic E-state index is 13.5. The number of benzene rings is 2. The van der Waals surface area contributed by atoms with E-state index in [1.165, 1.54) is 17.2 Å². The number of aryl methyl sites for hydroxylation is 3. The van der Waals surface area contributed by atoms with Crippen molar-refractivity contribution in [2.24, 2.45) is 5.73 Å². The minimum absolute atomic E-state index is 0.0427. The molecule has 2 rings (SSSR count). The van der Waals surface area contributed by atoms with Gasteiger partial charge in [0, 0.05) is 6.04 Å². The van der Waals surface area contributed by atoms with Crippen molar-refractivity contribution >= 4 is 0 Å². The Balaban J connectivity index is 2.03. The van der Waals surface area contributed by atoms with Crippen LogP contribution in [-0.4, -0.2) is 0 Å². The molecule has 0 saturated heterocycles. The van der Waals surface area contributed by atoms with Crippen LogP contribution in [0.4, 0.5) is 4.39 Å². The highest BCUT2D eigenvalue weighted by molar-refractivity contribution is 5.31. The molecule has 0 spiro atoms. The van der Waals surface area contributed by atoms with Crippen molar-refractivity contribution in [3.63, 3.8) is 0 Å². The third-order valence-electron chi connectivity index (χ3n) is 3.64. The van der Waals surface area contributed by atoms with E-state index in [0.717, 1.165) is 17.5 Å². The standard InChI is InChI=1S/C17H20FN/c1-12-7-8-15(11-13(12)2)17(19)10-9-14-5-3-4-6-16(14)18/h3-8,11,17H,9-10,19H2,1-2H3. The molecule has 0 fully saturated rings. The van der Waals surface area contributed by atoms with E-state index in [-0.39, 0.29) is 11.9 Å². The zero-order valence-electron chi connectivity index (χ0n) is 11.5. The van der Waals surface area contributed by atoms with Crippen LogP contribution >= 0.6 is 0 Å². The predicted molar refractivity (Wildman–Crippen MR) is 77.6 cm³/mol. The van der Waals surface area contributed by atoms with Gasteiger partial charge < -0.3 is 5.73 Å². The first-order valence-corrected chi connectivity index (χ1v) is 6.64. The molecule has 0 saturated carbocycles. The van der Waals surface area contributed by atoms with E-state index in [4.69, 9.17) is 5.73 Å². The second-order valence-corrected chi connectivity index (χ2v) is 5.08. The molecule has 0 aliphatic rings. The molecule has 0 aliphatic carbocycles. The van der Waals surface area contributed by atoms with Crippen LogP contribution in [-0.2, 0) is 6.42 Å². The molecule has 2 heteroatoms. The Morgan fingerprint density at radius 3 is 2.47 bits per heavy atom. The second-order valence-electron chi connectivity index (χ2n) is 5.08. The zero-order chi connectivity index (χ0) is 13.8. The van der Waals surface area contributed by atoms with Crippen molar-refractivity contribution in [1.82, 2.24) is 0 Å². The Morgan fingerprint density at radius 2 is 1.79 bits per heavy atom. The van der Waals surface area contributed by atoms with Gasteiger partial charge in [0.2, 0.25) is 0 Å². The minimum Gasteiger partial charge on any atom is -0.324 e. The number of hydrogen-bond donors (Lipinski definition) is 1. The maximum Gasteiger partial charge on any atom is 0.126 e. The Kier molecular flexibility index (Phi) is 4.33. The van der Waals surface area contributed by atoms with Gasteiger partial charge in [0.1, 0.15) is 5.82 Å². The van der Waals surface area contributed by atoms with Crippen molar-refractivity contribution in [2.75, 3.05) is 0 Å². The summed E-state index contributed by atoms with van der Waals surface area (Å²) in [7, 11) is 0. The van der Waals surface area contributed by atoms with Gasteiger partial charge in [0.25, 0.3) is 0 Å². The fourth-order valence-electron chi connectivity index (χ4n) is 2.17. The van der Waals surface area contributed by atoms with Crippen LogP contribution in [0.1, 0.15) is 34.7 Å². The summed E-state index contributed by atoms with van der Waals surface area (Å²) in [4.78, 5) is 0. The molecule has 100 valence electrons. The lowest BCUT2D eigenvalue weighted by Crippen LogP contribution is -2.12. The monoisotopic (exact) mass is 257 g/mol. The fourth-order valence-corrected chi connectivity index (χ4v) is 2.17. The summed E-state index contributed by atoms with van der Waals surface area (Å²) in [5.74, 6) is -0.144. The lowest BCUT2D eigenvalue weighted by Gasteiger charge is -2.14. The number of hydrogen-bond acceptors (Lipinski definition) is 1. The molecular weight excluding hydrogens is 237 g/mol. The van der Waals surface area contributed by atoms with Crippen LogP contribution in [0.25, 0.3) is 0 Å². The van der Waals surface area contributed by atoms with E-state index in [0.29, 0.717) is 6.42 Å². The topological polar surface area (TPSA) is 26.0 Å². The largest absolute Gasteiger partial charge is 0.324 e. The average Bonchev–Trinajstić information content (AvgIpc) is 2.40. The van der Waals surface area contributed by atoms with E-state index in [9.17, 15) is 4.39 Å². The van der Waals surface area contributed by atoms with Gasteiger partial charge in [-0.3, -0.25) is 0 Å². The lowest BCUT2D eigenvalue weighted by molar-refractivity contribution is 0.586. The first-order chi connectivity index (χ1) is 9.08. The van der Waals surface area contributed by atoms with Gasteiger partial charge in [-0.25, -0.2) is 4.39 Å². The van der Waals surface area contributed by atoms with Crippen LogP contribution in [0.15, 0.2) is 42.5 Å². The highest BCUT2D eigenvalue weighted by atomic mass is 19.1. The van der Waals surface area contributed by atoms with Gasteiger partial charge >= 0.3 is 0 Å². The minimum atomic E-state index is -0.144. The summed E-state index contributed by atoms with van der Waals surface area (Å²) in [6.45, 7) is 4.17. The van der Waals surface area contributed by atoms with Crippen LogP contribution < -0.4 is 5.73 Å². The van der Waals surface area contributed by atoms with E-state index >= 15 is 0 Å². The van der Waals surface area contributed by atoms with Gasteiger partial charge in [-0.2, -0.15) is 0 Å². The molecule has 2 N–H and O–H groups in total. The first kappa shape index (κ1) is 13.8. The third-order valence-corrected chi connectivity index (χ3v) is 3.64. The quantitative estimate of drug-likeness (QED) is 0.877. The van der Waals surface area contributed by atoms with Gasteiger partial charge in [-0.1, -0.05) is 36.4 Å². The van der Waals surface area contributed by atoms with Crippen LogP contribution in [0.5, 0.6) is 0 Å². The molecule has 19 heavy (non-hydrogen) atoms.